The molecule has 0 saturated carbocycles. The molecule has 0 radical (unpaired) electrons. The molecule has 0 aliphatic carbocycles. The molecule has 0 fully saturated rings. The van der Waals surface area contributed by atoms with E-state index in [0.29, 0.717) is 37.7 Å². The Hall–Kier alpha value is -2.34. The van der Waals surface area contributed by atoms with Gasteiger partial charge in [-0.3, -0.25) is 4.79 Å². The van der Waals surface area contributed by atoms with E-state index >= 15 is 0 Å². The molecular formula is C18H23N3O3. The average molecular weight is 329 g/mol. The number of carbonyl (C=O) groups is 1. The number of rotatable bonds is 6. The summed E-state index contributed by atoms with van der Waals surface area (Å²) in [6, 6.07) is 7.92. The van der Waals surface area contributed by atoms with E-state index in [0.717, 1.165) is 23.4 Å². The van der Waals surface area contributed by atoms with E-state index in [2.05, 4.69) is 22.2 Å². The van der Waals surface area contributed by atoms with Crippen molar-refractivity contribution in [1.82, 2.24) is 15.3 Å². The van der Waals surface area contributed by atoms with Crippen molar-refractivity contribution in [3.63, 3.8) is 0 Å². The number of ether oxygens (including phenoxy) is 2. The fraction of sp³-hybridized carbons (Fsp3) is 0.444. The maximum Gasteiger partial charge on any atom is 0.271 e. The van der Waals surface area contributed by atoms with Crippen molar-refractivity contribution < 1.29 is 14.3 Å². The summed E-state index contributed by atoms with van der Waals surface area (Å²) in [6.45, 7) is 3.70. The van der Waals surface area contributed by atoms with Crippen molar-refractivity contribution in [3.8, 4) is 5.75 Å². The molecule has 1 amide bonds. The van der Waals surface area contributed by atoms with Gasteiger partial charge in [0.1, 0.15) is 23.9 Å². The van der Waals surface area contributed by atoms with E-state index in [1.807, 2.05) is 24.3 Å². The van der Waals surface area contributed by atoms with E-state index in [9.17, 15) is 4.79 Å². The molecule has 1 atom stereocenters. The first-order chi connectivity index (χ1) is 11.7. The van der Waals surface area contributed by atoms with Crippen LogP contribution in [0.5, 0.6) is 5.75 Å². The molecule has 1 aliphatic rings. The number of para-hydroxylation sites is 1. The third-order valence-electron chi connectivity index (χ3n) is 4.17. The lowest BCUT2D eigenvalue weighted by atomic mass is 9.93. The van der Waals surface area contributed by atoms with Crippen LogP contribution in [-0.2, 0) is 17.8 Å². The molecule has 128 valence electrons. The Balaban J connectivity index is 1.84. The molecule has 6 nitrogen and oxygen atoms in total. The summed E-state index contributed by atoms with van der Waals surface area (Å²) in [5.74, 6) is 1.53. The zero-order chi connectivity index (χ0) is 16.9. The van der Waals surface area contributed by atoms with Crippen LogP contribution < -0.4 is 10.1 Å². The molecule has 3 rings (SSSR count). The third kappa shape index (κ3) is 3.43. The highest BCUT2D eigenvalue weighted by Crippen LogP contribution is 2.30. The quantitative estimate of drug-likeness (QED) is 0.798. The molecule has 1 aromatic heterocycles. The molecule has 2 N–H and O–H groups in total. The predicted molar refractivity (Wildman–Crippen MR) is 90.3 cm³/mol. The van der Waals surface area contributed by atoms with Gasteiger partial charge in [0.05, 0.1) is 7.11 Å². The van der Waals surface area contributed by atoms with Crippen LogP contribution in [0.15, 0.2) is 24.3 Å². The van der Waals surface area contributed by atoms with Gasteiger partial charge >= 0.3 is 0 Å². The third-order valence-corrected chi connectivity index (χ3v) is 4.17. The van der Waals surface area contributed by atoms with Crippen LogP contribution in [-0.4, -0.2) is 36.1 Å². The standard InChI is InChI=1S/C18H23N3O3/c1-3-8-24-11-16-20-14-9-12(10-19-18(22)17(14)21-16)13-6-4-5-7-15(13)23-2/h4-7,12H,3,8-11H2,1-2H3,(H,19,22)(H,20,21)/t12-/m1/s1. The van der Waals surface area contributed by atoms with Gasteiger partial charge in [-0.2, -0.15) is 0 Å². The maximum absolute atomic E-state index is 12.3. The Morgan fingerprint density at radius 1 is 1.33 bits per heavy atom. The van der Waals surface area contributed by atoms with E-state index < -0.39 is 0 Å². The number of benzene rings is 1. The maximum atomic E-state index is 12.3. The van der Waals surface area contributed by atoms with E-state index in [-0.39, 0.29) is 11.8 Å². The van der Waals surface area contributed by atoms with Gasteiger partial charge in [-0.15, -0.1) is 0 Å². The number of hydrogen-bond donors (Lipinski definition) is 2. The predicted octanol–water partition coefficient (Wildman–Crippen LogP) is 2.41. The van der Waals surface area contributed by atoms with Crippen LogP contribution in [0.1, 0.15) is 46.8 Å². The van der Waals surface area contributed by atoms with Gasteiger partial charge in [-0.25, -0.2) is 4.98 Å². The Bertz CT molecular complexity index is 711. The normalized spacial score (nSPS) is 17.1. The number of amides is 1. The summed E-state index contributed by atoms with van der Waals surface area (Å²) in [5, 5.41) is 2.96. The number of methoxy groups -OCH3 is 1. The van der Waals surface area contributed by atoms with Crippen molar-refractivity contribution in [2.24, 2.45) is 0 Å². The first-order valence-electron chi connectivity index (χ1n) is 8.29. The summed E-state index contributed by atoms with van der Waals surface area (Å²) in [7, 11) is 1.67. The lowest BCUT2D eigenvalue weighted by Gasteiger charge is -2.17. The molecule has 1 aliphatic heterocycles. The summed E-state index contributed by atoms with van der Waals surface area (Å²) < 4.78 is 11.0. The molecule has 2 heterocycles. The van der Waals surface area contributed by atoms with Gasteiger partial charge < -0.3 is 19.8 Å². The largest absolute Gasteiger partial charge is 0.496 e. The first-order valence-corrected chi connectivity index (χ1v) is 8.29. The number of H-pyrrole nitrogens is 1. The smallest absolute Gasteiger partial charge is 0.271 e. The van der Waals surface area contributed by atoms with Gasteiger partial charge in [-0.1, -0.05) is 25.1 Å². The Morgan fingerprint density at radius 2 is 2.17 bits per heavy atom. The number of nitrogens with zero attached hydrogens (tertiary/aromatic N) is 1. The minimum absolute atomic E-state index is 0.135. The zero-order valence-corrected chi connectivity index (χ0v) is 14.1. The molecule has 0 spiro atoms. The van der Waals surface area contributed by atoms with Crippen molar-refractivity contribution in [1.29, 1.82) is 0 Å². The van der Waals surface area contributed by atoms with E-state index in [1.54, 1.807) is 7.11 Å². The highest BCUT2D eigenvalue weighted by Gasteiger charge is 2.27. The van der Waals surface area contributed by atoms with Crippen molar-refractivity contribution in [3.05, 3.63) is 47.0 Å². The van der Waals surface area contributed by atoms with Gasteiger partial charge in [0.2, 0.25) is 0 Å². The highest BCUT2D eigenvalue weighted by atomic mass is 16.5. The van der Waals surface area contributed by atoms with Crippen LogP contribution in [0.25, 0.3) is 0 Å². The molecule has 1 aromatic carbocycles. The lowest BCUT2D eigenvalue weighted by molar-refractivity contribution is 0.0948. The molecule has 0 bridgehead atoms. The van der Waals surface area contributed by atoms with Gasteiger partial charge in [0, 0.05) is 24.8 Å². The van der Waals surface area contributed by atoms with Crippen LogP contribution in [0, 0.1) is 0 Å². The lowest BCUT2D eigenvalue weighted by Crippen LogP contribution is -2.26. The summed E-state index contributed by atoms with van der Waals surface area (Å²) >= 11 is 0. The summed E-state index contributed by atoms with van der Waals surface area (Å²) in [6.07, 6.45) is 1.66. The molecule has 0 saturated heterocycles. The number of aromatic amines is 1. The van der Waals surface area contributed by atoms with Crippen LogP contribution >= 0.6 is 0 Å². The minimum atomic E-state index is -0.139. The fourth-order valence-corrected chi connectivity index (χ4v) is 3.02. The average Bonchev–Trinajstić information content (AvgIpc) is 2.94. The van der Waals surface area contributed by atoms with Gasteiger partial charge in [-0.05, 0) is 24.5 Å². The highest BCUT2D eigenvalue weighted by molar-refractivity contribution is 5.94. The molecule has 0 unspecified atom stereocenters. The Kier molecular flexibility index (Phi) is 5.15. The number of nitrogens with one attached hydrogen (secondary N) is 2. The van der Waals surface area contributed by atoms with Crippen LogP contribution in [0.2, 0.25) is 0 Å². The van der Waals surface area contributed by atoms with Gasteiger partial charge in [0.15, 0.2) is 0 Å². The number of hydrogen-bond acceptors (Lipinski definition) is 4. The second-order valence-electron chi connectivity index (χ2n) is 5.92. The molecule has 6 heteroatoms. The van der Waals surface area contributed by atoms with Crippen LogP contribution in [0.3, 0.4) is 0 Å². The number of carbonyl (C=O) groups excluding carboxylic acids is 1. The van der Waals surface area contributed by atoms with E-state index in [4.69, 9.17) is 9.47 Å². The number of imidazole rings is 1. The van der Waals surface area contributed by atoms with Gasteiger partial charge in [0.25, 0.3) is 5.91 Å². The topological polar surface area (TPSA) is 76.2 Å². The number of fused-ring (bicyclic) bond motifs is 1. The second-order valence-corrected chi connectivity index (χ2v) is 5.92. The van der Waals surface area contributed by atoms with Crippen molar-refractivity contribution in [2.45, 2.75) is 32.3 Å². The zero-order valence-electron chi connectivity index (χ0n) is 14.1. The summed E-state index contributed by atoms with van der Waals surface area (Å²) in [5.41, 5.74) is 2.42. The Labute approximate surface area is 141 Å². The SMILES string of the molecule is CCCOCc1nc2c([nH]1)C[C@@H](c1ccccc1OC)CNC2=O. The first kappa shape index (κ1) is 16.5. The second kappa shape index (κ2) is 7.49. The molecule has 24 heavy (non-hydrogen) atoms. The monoisotopic (exact) mass is 329 g/mol. The fourth-order valence-electron chi connectivity index (χ4n) is 3.02. The van der Waals surface area contributed by atoms with E-state index in [1.165, 1.54) is 0 Å². The van der Waals surface area contributed by atoms with Crippen molar-refractivity contribution >= 4 is 5.91 Å². The molecular weight excluding hydrogens is 306 g/mol. The summed E-state index contributed by atoms with van der Waals surface area (Å²) in [4.78, 5) is 20.0. The minimum Gasteiger partial charge on any atom is -0.496 e. The number of aromatic nitrogens is 2. The van der Waals surface area contributed by atoms with Crippen molar-refractivity contribution in [2.75, 3.05) is 20.3 Å². The van der Waals surface area contributed by atoms with Crippen LogP contribution in [0.4, 0.5) is 0 Å². The Morgan fingerprint density at radius 3 is 2.96 bits per heavy atom. The molecule has 2 aromatic rings.